The van der Waals surface area contributed by atoms with Gasteiger partial charge < -0.3 is 10.8 Å². The summed E-state index contributed by atoms with van der Waals surface area (Å²) in [6, 6.07) is 0. The first kappa shape index (κ1) is 18.4. The number of nitrogen functional groups attached to an aromatic ring is 1. The Morgan fingerprint density at radius 3 is 2.52 bits per heavy atom. The van der Waals surface area contributed by atoms with E-state index in [1.165, 1.54) is 50.6 Å². The minimum absolute atomic E-state index is 0.408. The fourth-order valence-electron chi connectivity index (χ4n) is 8.38. The molecule has 0 spiro atoms. The van der Waals surface area contributed by atoms with Crippen molar-refractivity contribution in [1.29, 1.82) is 0 Å². The molecule has 4 aliphatic carbocycles. The standard InChI is InChI=1S/C23H36N2OS/c1-21(26)10-11-22(2)14(12-21)4-5-15-16-6-7-18(19-13-27-20(24)25-19)23(16,3)9-8-17(15)22/h13-18,26H,4-12H2,1-3H3,(H2,24,25)/t14?,15?,16?,17?,18-,21-,22+,23+/m1/s1. The molecule has 0 bridgehead atoms. The van der Waals surface area contributed by atoms with Gasteiger partial charge in [-0.1, -0.05) is 13.8 Å². The highest BCUT2D eigenvalue weighted by atomic mass is 32.1. The van der Waals surface area contributed by atoms with Crippen LogP contribution in [-0.2, 0) is 0 Å². The van der Waals surface area contributed by atoms with E-state index in [9.17, 15) is 5.11 Å². The number of aromatic nitrogens is 1. The van der Waals surface area contributed by atoms with Gasteiger partial charge in [-0.15, -0.1) is 11.3 Å². The van der Waals surface area contributed by atoms with E-state index in [0.29, 0.717) is 16.7 Å². The van der Waals surface area contributed by atoms with Gasteiger partial charge in [-0.05, 0) is 99.2 Å². The number of nitrogens with two attached hydrogens (primary N) is 1. The van der Waals surface area contributed by atoms with E-state index in [0.717, 1.165) is 41.6 Å². The summed E-state index contributed by atoms with van der Waals surface area (Å²) < 4.78 is 0. The predicted molar refractivity (Wildman–Crippen MR) is 112 cm³/mol. The van der Waals surface area contributed by atoms with Crippen LogP contribution in [0.2, 0.25) is 0 Å². The molecular formula is C23H36N2OS. The molecule has 1 heterocycles. The third-order valence-electron chi connectivity index (χ3n) is 9.85. The Bertz CT molecular complexity index is 730. The van der Waals surface area contributed by atoms with Gasteiger partial charge in [-0.25, -0.2) is 4.98 Å². The summed E-state index contributed by atoms with van der Waals surface area (Å²) in [5.74, 6) is 3.93. The zero-order valence-corrected chi connectivity index (χ0v) is 18.0. The Balaban J connectivity index is 1.42. The highest BCUT2D eigenvalue weighted by Gasteiger charge is 2.61. The second kappa shape index (κ2) is 5.95. The molecule has 4 heteroatoms. The molecule has 4 fully saturated rings. The molecule has 4 saturated carbocycles. The van der Waals surface area contributed by atoms with E-state index < -0.39 is 5.60 Å². The minimum Gasteiger partial charge on any atom is -0.390 e. The van der Waals surface area contributed by atoms with Crippen LogP contribution >= 0.6 is 11.3 Å². The second-order valence-corrected chi connectivity index (χ2v) is 12.0. The zero-order valence-electron chi connectivity index (χ0n) is 17.2. The van der Waals surface area contributed by atoms with Crippen LogP contribution in [0.1, 0.15) is 90.2 Å². The first-order valence-electron chi connectivity index (χ1n) is 11.2. The van der Waals surface area contributed by atoms with Gasteiger partial charge in [0.15, 0.2) is 5.13 Å². The van der Waals surface area contributed by atoms with Crippen molar-refractivity contribution in [3.63, 3.8) is 0 Å². The van der Waals surface area contributed by atoms with Crippen molar-refractivity contribution in [2.75, 3.05) is 5.73 Å². The molecule has 0 radical (unpaired) electrons. The number of rotatable bonds is 1. The topological polar surface area (TPSA) is 59.1 Å². The van der Waals surface area contributed by atoms with E-state index in [1.54, 1.807) is 11.3 Å². The molecule has 1 aromatic rings. The largest absolute Gasteiger partial charge is 0.390 e. The van der Waals surface area contributed by atoms with E-state index in [2.05, 4.69) is 26.2 Å². The lowest BCUT2D eigenvalue weighted by Crippen LogP contribution is -2.55. The predicted octanol–water partition coefficient (Wildman–Crippen LogP) is 5.60. The molecule has 0 saturated heterocycles. The molecule has 0 aromatic carbocycles. The lowest BCUT2D eigenvalue weighted by Gasteiger charge is -2.61. The van der Waals surface area contributed by atoms with Crippen molar-refractivity contribution in [2.24, 2.45) is 34.5 Å². The Labute approximate surface area is 168 Å². The maximum atomic E-state index is 10.7. The lowest BCUT2D eigenvalue weighted by molar-refractivity contribution is -0.143. The fraction of sp³-hybridized carbons (Fsp3) is 0.870. The number of aliphatic hydroxyl groups is 1. The average molecular weight is 389 g/mol. The van der Waals surface area contributed by atoms with Gasteiger partial charge in [0.1, 0.15) is 0 Å². The fourth-order valence-corrected chi connectivity index (χ4v) is 8.99. The third-order valence-corrected chi connectivity index (χ3v) is 10.5. The van der Waals surface area contributed by atoms with Crippen molar-refractivity contribution in [1.82, 2.24) is 4.98 Å². The van der Waals surface area contributed by atoms with Crippen LogP contribution in [0.4, 0.5) is 5.13 Å². The van der Waals surface area contributed by atoms with Crippen LogP contribution in [0, 0.1) is 34.5 Å². The van der Waals surface area contributed by atoms with Gasteiger partial charge in [0, 0.05) is 11.3 Å². The number of anilines is 1. The van der Waals surface area contributed by atoms with Gasteiger partial charge in [0.2, 0.25) is 0 Å². The molecule has 27 heavy (non-hydrogen) atoms. The Hall–Kier alpha value is -0.610. The van der Waals surface area contributed by atoms with Crippen LogP contribution in [0.15, 0.2) is 5.38 Å². The lowest BCUT2D eigenvalue weighted by atomic mass is 9.44. The molecule has 3 N–H and O–H groups in total. The van der Waals surface area contributed by atoms with E-state index >= 15 is 0 Å². The van der Waals surface area contributed by atoms with E-state index in [4.69, 9.17) is 10.7 Å². The SMILES string of the molecule is C[C@@]1(O)CC[C@@]2(C)C(CCC3C2CC[C@@]2(C)C3CC[C@@H]2c2csc(N)n2)C1. The monoisotopic (exact) mass is 388 g/mol. The molecular weight excluding hydrogens is 352 g/mol. The molecule has 3 nitrogen and oxygen atoms in total. The van der Waals surface area contributed by atoms with E-state index in [1.807, 2.05) is 0 Å². The molecule has 1 aromatic heterocycles. The van der Waals surface area contributed by atoms with Crippen molar-refractivity contribution >= 4 is 16.5 Å². The third kappa shape index (κ3) is 2.65. The van der Waals surface area contributed by atoms with Gasteiger partial charge in [0.05, 0.1) is 11.3 Å². The molecule has 5 rings (SSSR count). The van der Waals surface area contributed by atoms with Crippen LogP contribution in [0.25, 0.3) is 0 Å². The summed E-state index contributed by atoms with van der Waals surface area (Å²) in [4.78, 5) is 4.70. The Morgan fingerprint density at radius 1 is 1.00 bits per heavy atom. The molecule has 0 aliphatic heterocycles. The molecule has 4 unspecified atom stereocenters. The van der Waals surface area contributed by atoms with Gasteiger partial charge in [-0.3, -0.25) is 0 Å². The number of fused-ring (bicyclic) bond motifs is 5. The summed E-state index contributed by atoms with van der Waals surface area (Å²) in [7, 11) is 0. The van der Waals surface area contributed by atoms with Crippen LogP contribution in [0.3, 0.4) is 0 Å². The molecule has 8 atom stereocenters. The summed E-state index contributed by atoms with van der Waals surface area (Å²) in [6.07, 6.45) is 11.3. The molecule has 150 valence electrons. The Kier molecular flexibility index (Phi) is 4.06. The zero-order chi connectivity index (χ0) is 19.0. The number of thiazole rings is 1. The summed E-state index contributed by atoms with van der Waals surface area (Å²) in [5, 5.41) is 13.6. The van der Waals surface area contributed by atoms with Crippen molar-refractivity contribution < 1.29 is 5.11 Å². The minimum atomic E-state index is -0.427. The Morgan fingerprint density at radius 2 is 1.78 bits per heavy atom. The number of hydrogen-bond donors (Lipinski definition) is 2. The maximum absolute atomic E-state index is 10.7. The highest BCUT2D eigenvalue weighted by Crippen LogP contribution is 2.69. The quantitative estimate of drug-likeness (QED) is 0.658. The normalized spacial score (nSPS) is 52.1. The summed E-state index contributed by atoms with van der Waals surface area (Å²) in [5.41, 5.74) is 7.67. The van der Waals surface area contributed by atoms with Crippen molar-refractivity contribution in [3.05, 3.63) is 11.1 Å². The maximum Gasteiger partial charge on any atom is 0.180 e. The van der Waals surface area contributed by atoms with Crippen LogP contribution in [-0.4, -0.2) is 15.7 Å². The van der Waals surface area contributed by atoms with Gasteiger partial charge in [0.25, 0.3) is 0 Å². The first-order valence-corrected chi connectivity index (χ1v) is 12.0. The van der Waals surface area contributed by atoms with Gasteiger partial charge in [-0.2, -0.15) is 0 Å². The molecule has 4 aliphatic rings. The van der Waals surface area contributed by atoms with Crippen molar-refractivity contribution in [2.45, 2.75) is 90.1 Å². The van der Waals surface area contributed by atoms with Crippen LogP contribution < -0.4 is 5.73 Å². The van der Waals surface area contributed by atoms with Crippen LogP contribution in [0.5, 0.6) is 0 Å². The van der Waals surface area contributed by atoms with Gasteiger partial charge >= 0.3 is 0 Å². The van der Waals surface area contributed by atoms with Crippen molar-refractivity contribution in [3.8, 4) is 0 Å². The second-order valence-electron chi connectivity index (χ2n) is 11.1. The number of nitrogens with zero attached hydrogens (tertiary/aromatic N) is 1. The average Bonchev–Trinajstić information content (AvgIpc) is 3.18. The summed E-state index contributed by atoms with van der Waals surface area (Å²) in [6.45, 7) is 7.22. The molecule has 0 amide bonds. The highest BCUT2D eigenvalue weighted by molar-refractivity contribution is 7.13. The number of hydrogen-bond acceptors (Lipinski definition) is 4. The summed E-state index contributed by atoms with van der Waals surface area (Å²) >= 11 is 1.61. The van der Waals surface area contributed by atoms with E-state index in [-0.39, 0.29) is 0 Å². The smallest absolute Gasteiger partial charge is 0.180 e. The first-order chi connectivity index (χ1) is 12.7.